The zero-order valence-corrected chi connectivity index (χ0v) is 14.2. The number of carbonyl (C=O) groups excluding carboxylic acids is 1. The summed E-state index contributed by atoms with van der Waals surface area (Å²) in [7, 11) is 0. The third kappa shape index (κ3) is 5.24. The molecule has 2 amide bonds. The van der Waals surface area contributed by atoms with Crippen molar-refractivity contribution >= 4 is 6.03 Å². The van der Waals surface area contributed by atoms with E-state index in [0.29, 0.717) is 19.0 Å². The maximum atomic E-state index is 12.6. The number of benzene rings is 1. The van der Waals surface area contributed by atoms with E-state index < -0.39 is 0 Å². The first-order chi connectivity index (χ1) is 11.3. The Balaban J connectivity index is 1.95. The van der Waals surface area contributed by atoms with E-state index in [2.05, 4.69) is 24.4 Å². The summed E-state index contributed by atoms with van der Waals surface area (Å²) in [4.78, 5) is 14.6. The number of urea groups is 1. The van der Waals surface area contributed by atoms with E-state index in [1.807, 2.05) is 23.1 Å². The molecule has 1 fully saturated rings. The highest BCUT2D eigenvalue weighted by Crippen LogP contribution is 2.21. The molecule has 1 aromatic rings. The van der Waals surface area contributed by atoms with Gasteiger partial charge in [-0.05, 0) is 31.2 Å². The fraction of sp³-hybridized carbons (Fsp3) is 0.632. The lowest BCUT2D eigenvalue weighted by atomic mass is 9.96. The number of aliphatic hydroxyl groups is 1. The van der Waals surface area contributed by atoms with E-state index in [0.717, 1.165) is 25.8 Å². The summed E-state index contributed by atoms with van der Waals surface area (Å²) in [5.74, 6) is 0.164. The molecule has 4 nitrogen and oxygen atoms in total. The van der Waals surface area contributed by atoms with Crippen LogP contribution in [0.4, 0.5) is 4.79 Å². The lowest BCUT2D eigenvalue weighted by molar-refractivity contribution is 0.172. The topological polar surface area (TPSA) is 52.6 Å². The summed E-state index contributed by atoms with van der Waals surface area (Å²) in [5, 5.41) is 12.4. The number of nitrogens with one attached hydrogen (secondary N) is 1. The first kappa shape index (κ1) is 17.8. The van der Waals surface area contributed by atoms with Gasteiger partial charge in [-0.3, -0.25) is 0 Å². The molecular weight excluding hydrogens is 288 g/mol. The highest BCUT2D eigenvalue weighted by atomic mass is 16.3. The van der Waals surface area contributed by atoms with E-state index in [9.17, 15) is 9.90 Å². The number of hydrogen-bond acceptors (Lipinski definition) is 2. The lowest BCUT2D eigenvalue weighted by Gasteiger charge is -2.30. The zero-order chi connectivity index (χ0) is 16.5. The van der Waals surface area contributed by atoms with Gasteiger partial charge < -0.3 is 15.3 Å². The highest BCUT2D eigenvalue weighted by Gasteiger charge is 2.24. The van der Waals surface area contributed by atoms with Crippen molar-refractivity contribution in [1.82, 2.24) is 10.2 Å². The minimum atomic E-state index is 0.0534. The molecular formula is C19H30N2O2. The molecule has 128 valence electrons. The summed E-state index contributed by atoms with van der Waals surface area (Å²) < 4.78 is 0. The fourth-order valence-electron chi connectivity index (χ4n) is 3.45. The second-order valence-corrected chi connectivity index (χ2v) is 6.41. The first-order valence-corrected chi connectivity index (χ1v) is 8.96. The molecule has 1 heterocycles. The summed E-state index contributed by atoms with van der Waals surface area (Å²) in [6.45, 7) is 3.74. The third-order valence-corrected chi connectivity index (χ3v) is 4.86. The Morgan fingerprint density at radius 3 is 2.78 bits per heavy atom. The van der Waals surface area contributed by atoms with Gasteiger partial charge in [0, 0.05) is 31.7 Å². The van der Waals surface area contributed by atoms with Crippen LogP contribution in [-0.2, 0) is 0 Å². The first-order valence-electron chi connectivity index (χ1n) is 8.96. The van der Waals surface area contributed by atoms with Crippen molar-refractivity contribution in [3.63, 3.8) is 0 Å². The normalized spacial score (nSPS) is 19.9. The maximum absolute atomic E-state index is 12.6. The van der Waals surface area contributed by atoms with Gasteiger partial charge in [-0.1, -0.05) is 50.1 Å². The van der Waals surface area contributed by atoms with Crippen LogP contribution in [0.2, 0.25) is 0 Å². The second kappa shape index (κ2) is 9.56. The van der Waals surface area contributed by atoms with Gasteiger partial charge in [0.2, 0.25) is 0 Å². The van der Waals surface area contributed by atoms with Crippen molar-refractivity contribution in [2.45, 2.75) is 57.4 Å². The van der Waals surface area contributed by atoms with Crippen LogP contribution in [0.5, 0.6) is 0 Å². The standard InChI is InChI=1S/C19H30N2O2/c1-2-18-11-7-4-8-13-21(18)19(23)20-15-17(12-14-22)16-9-5-3-6-10-16/h3,5-6,9-10,17-18,22H,2,4,7-8,11-15H2,1H3,(H,20,23). The van der Waals surface area contributed by atoms with E-state index in [1.165, 1.54) is 18.4 Å². The molecule has 0 saturated carbocycles. The minimum absolute atomic E-state index is 0.0534. The van der Waals surface area contributed by atoms with Crippen LogP contribution in [0, 0.1) is 0 Å². The SMILES string of the molecule is CCC1CCCCCN1C(=O)NCC(CCO)c1ccccc1. The van der Waals surface area contributed by atoms with E-state index in [1.54, 1.807) is 0 Å². The molecule has 2 atom stereocenters. The summed E-state index contributed by atoms with van der Waals surface area (Å²) in [5.41, 5.74) is 1.17. The number of amides is 2. The number of hydrogen-bond donors (Lipinski definition) is 2. The van der Waals surface area contributed by atoms with Crippen molar-refractivity contribution in [2.75, 3.05) is 19.7 Å². The van der Waals surface area contributed by atoms with Crippen molar-refractivity contribution in [2.24, 2.45) is 0 Å². The average Bonchev–Trinajstić information content (AvgIpc) is 2.84. The molecule has 0 aromatic heterocycles. The van der Waals surface area contributed by atoms with Gasteiger partial charge in [-0.25, -0.2) is 4.79 Å². The molecule has 0 bridgehead atoms. The average molecular weight is 318 g/mol. The van der Waals surface area contributed by atoms with Crippen molar-refractivity contribution in [3.05, 3.63) is 35.9 Å². The smallest absolute Gasteiger partial charge is 0.317 e. The van der Waals surface area contributed by atoms with Crippen LogP contribution in [0.25, 0.3) is 0 Å². The Bertz CT molecular complexity index is 464. The van der Waals surface area contributed by atoms with Gasteiger partial charge in [0.15, 0.2) is 0 Å². The molecule has 2 unspecified atom stereocenters. The quantitative estimate of drug-likeness (QED) is 0.843. The van der Waals surface area contributed by atoms with Crippen LogP contribution >= 0.6 is 0 Å². The molecule has 1 aliphatic rings. The van der Waals surface area contributed by atoms with Gasteiger partial charge in [0.05, 0.1) is 0 Å². The predicted octanol–water partition coefficient (Wildman–Crippen LogP) is 3.52. The molecule has 1 aromatic carbocycles. The highest BCUT2D eigenvalue weighted by molar-refractivity contribution is 5.74. The van der Waals surface area contributed by atoms with Crippen LogP contribution in [0.15, 0.2) is 30.3 Å². The molecule has 1 saturated heterocycles. The molecule has 0 aliphatic carbocycles. The largest absolute Gasteiger partial charge is 0.396 e. The third-order valence-electron chi connectivity index (χ3n) is 4.86. The van der Waals surface area contributed by atoms with E-state index in [-0.39, 0.29) is 18.6 Å². The molecule has 23 heavy (non-hydrogen) atoms. The van der Waals surface area contributed by atoms with Crippen LogP contribution in [0.1, 0.15) is 56.9 Å². The molecule has 4 heteroatoms. The maximum Gasteiger partial charge on any atom is 0.317 e. The number of carbonyl (C=O) groups is 1. The minimum Gasteiger partial charge on any atom is -0.396 e. The van der Waals surface area contributed by atoms with Crippen LogP contribution in [0.3, 0.4) is 0 Å². The van der Waals surface area contributed by atoms with E-state index in [4.69, 9.17) is 0 Å². The van der Waals surface area contributed by atoms with Crippen molar-refractivity contribution in [1.29, 1.82) is 0 Å². The Labute approximate surface area is 139 Å². The Morgan fingerprint density at radius 1 is 1.30 bits per heavy atom. The summed E-state index contributed by atoms with van der Waals surface area (Å²) in [6, 6.07) is 10.5. The number of aliphatic hydroxyl groups excluding tert-OH is 1. The van der Waals surface area contributed by atoms with Crippen LogP contribution in [-0.4, -0.2) is 41.8 Å². The predicted molar refractivity (Wildman–Crippen MR) is 93.5 cm³/mol. The Kier molecular flexibility index (Phi) is 7.40. The second-order valence-electron chi connectivity index (χ2n) is 6.41. The monoisotopic (exact) mass is 318 g/mol. The Hall–Kier alpha value is -1.55. The summed E-state index contributed by atoms with van der Waals surface area (Å²) in [6.07, 6.45) is 6.34. The fourth-order valence-corrected chi connectivity index (χ4v) is 3.45. The van der Waals surface area contributed by atoms with Gasteiger partial charge in [0.1, 0.15) is 0 Å². The van der Waals surface area contributed by atoms with Crippen LogP contribution < -0.4 is 5.32 Å². The lowest BCUT2D eigenvalue weighted by Crippen LogP contribution is -2.46. The molecule has 2 rings (SSSR count). The molecule has 2 N–H and O–H groups in total. The molecule has 0 radical (unpaired) electrons. The van der Waals surface area contributed by atoms with Gasteiger partial charge in [0.25, 0.3) is 0 Å². The zero-order valence-electron chi connectivity index (χ0n) is 14.2. The number of nitrogens with zero attached hydrogens (tertiary/aromatic N) is 1. The van der Waals surface area contributed by atoms with Gasteiger partial charge >= 0.3 is 6.03 Å². The molecule has 0 spiro atoms. The van der Waals surface area contributed by atoms with Crippen molar-refractivity contribution < 1.29 is 9.90 Å². The Morgan fingerprint density at radius 2 is 2.09 bits per heavy atom. The van der Waals surface area contributed by atoms with E-state index >= 15 is 0 Å². The van der Waals surface area contributed by atoms with Gasteiger partial charge in [-0.15, -0.1) is 0 Å². The molecule has 1 aliphatic heterocycles. The van der Waals surface area contributed by atoms with Gasteiger partial charge in [-0.2, -0.15) is 0 Å². The summed E-state index contributed by atoms with van der Waals surface area (Å²) >= 11 is 0. The van der Waals surface area contributed by atoms with Crippen molar-refractivity contribution in [3.8, 4) is 0 Å². The number of rotatable bonds is 6. The number of likely N-dealkylation sites (tertiary alicyclic amines) is 1.